The van der Waals surface area contributed by atoms with E-state index in [0.29, 0.717) is 6.10 Å². The van der Waals surface area contributed by atoms with E-state index in [0.717, 1.165) is 25.2 Å². The van der Waals surface area contributed by atoms with Crippen LogP contribution in [-0.2, 0) is 2.81 Å². The van der Waals surface area contributed by atoms with Gasteiger partial charge >= 0.3 is 47.9 Å². The molecule has 0 aromatic heterocycles. The molecule has 0 aromatic rings. The van der Waals surface area contributed by atoms with Crippen molar-refractivity contribution in [3.05, 3.63) is 0 Å². The molecule has 0 bridgehead atoms. The standard InChI is InChI=1S/C3H7O.Bi/c1-3(2)4;/h3H,1-2H3;/q-1;+2. The normalized spacial score (nSPS) is 9.60. The molecule has 0 fully saturated rings. The minimum atomic E-state index is 0.434. The van der Waals surface area contributed by atoms with Gasteiger partial charge in [0.15, 0.2) is 0 Å². The van der Waals surface area contributed by atoms with Crippen LogP contribution in [0, 0.1) is 0 Å². The van der Waals surface area contributed by atoms with E-state index in [1.807, 2.05) is 13.8 Å². The third-order valence-electron chi connectivity index (χ3n) is 0.211. The first-order chi connectivity index (χ1) is 2.27. The van der Waals surface area contributed by atoms with Crippen LogP contribution in [0.25, 0.3) is 0 Å². The SMILES string of the molecule is CC(C)[O][Bi+]. The molecule has 0 saturated heterocycles. The molecular weight excluding hydrogens is 261 g/mol. The Morgan fingerprint density at radius 1 is 1.60 bits per heavy atom. The van der Waals surface area contributed by atoms with Crippen molar-refractivity contribution < 1.29 is 2.81 Å². The molecule has 0 aliphatic carbocycles. The van der Waals surface area contributed by atoms with Gasteiger partial charge in [0.1, 0.15) is 0 Å². The zero-order valence-electron chi connectivity index (χ0n) is 3.43. The van der Waals surface area contributed by atoms with E-state index < -0.39 is 0 Å². The van der Waals surface area contributed by atoms with E-state index in [4.69, 9.17) is 2.81 Å². The molecule has 5 heavy (non-hydrogen) atoms. The Hall–Kier alpha value is 0.843. The van der Waals surface area contributed by atoms with Crippen molar-refractivity contribution in [2.45, 2.75) is 20.0 Å². The van der Waals surface area contributed by atoms with Gasteiger partial charge in [-0.2, -0.15) is 0 Å². The molecule has 0 aromatic carbocycles. The van der Waals surface area contributed by atoms with Crippen LogP contribution in [-0.4, -0.2) is 31.3 Å². The van der Waals surface area contributed by atoms with E-state index >= 15 is 0 Å². The fourth-order valence-electron chi connectivity index (χ4n) is 0. The molecule has 0 aliphatic heterocycles. The molecule has 0 spiro atoms. The van der Waals surface area contributed by atoms with Gasteiger partial charge in [0.2, 0.25) is 0 Å². The van der Waals surface area contributed by atoms with Crippen molar-refractivity contribution in [2.24, 2.45) is 0 Å². The van der Waals surface area contributed by atoms with Gasteiger partial charge in [0.05, 0.1) is 0 Å². The zero-order valence-corrected chi connectivity index (χ0v) is 6.91. The Bertz CT molecular complexity index is 20.9. The fourth-order valence-corrected chi connectivity index (χ4v) is 0. The van der Waals surface area contributed by atoms with E-state index in [1.54, 1.807) is 0 Å². The molecule has 0 amide bonds. The van der Waals surface area contributed by atoms with Gasteiger partial charge < -0.3 is 0 Å². The van der Waals surface area contributed by atoms with Crippen LogP contribution in [0.4, 0.5) is 0 Å². The van der Waals surface area contributed by atoms with Crippen LogP contribution in [0.1, 0.15) is 13.8 Å². The van der Waals surface area contributed by atoms with Crippen LogP contribution in [0.15, 0.2) is 0 Å². The molecule has 0 atom stereocenters. The summed E-state index contributed by atoms with van der Waals surface area (Å²) < 4.78 is 4.86. The van der Waals surface area contributed by atoms with Crippen molar-refractivity contribution in [3.63, 3.8) is 0 Å². The summed E-state index contributed by atoms with van der Waals surface area (Å²) in [5.74, 6) is 0. The summed E-state index contributed by atoms with van der Waals surface area (Å²) in [5, 5.41) is 0. The predicted octanol–water partition coefficient (Wildman–Crippen LogP) is 0.495. The fraction of sp³-hybridized carbons (Fsp3) is 1.00. The Balaban J connectivity index is 2.54. The molecule has 2 heteroatoms. The van der Waals surface area contributed by atoms with Crippen LogP contribution in [0.2, 0.25) is 0 Å². The summed E-state index contributed by atoms with van der Waals surface area (Å²) in [6, 6.07) is 0. The summed E-state index contributed by atoms with van der Waals surface area (Å²) >= 11 is 1.04. The minimum absolute atomic E-state index is 0.434. The van der Waals surface area contributed by atoms with Crippen molar-refractivity contribution in [3.8, 4) is 0 Å². The molecule has 0 unspecified atom stereocenters. The van der Waals surface area contributed by atoms with Gasteiger partial charge in [-0.1, -0.05) is 0 Å². The molecule has 29 valence electrons. The summed E-state index contributed by atoms with van der Waals surface area (Å²) in [6.45, 7) is 4.06. The van der Waals surface area contributed by atoms with E-state index in [1.165, 1.54) is 0 Å². The van der Waals surface area contributed by atoms with Gasteiger partial charge in [0.25, 0.3) is 0 Å². The molecule has 0 aliphatic rings. The number of rotatable bonds is 1. The maximum atomic E-state index is 4.86. The van der Waals surface area contributed by atoms with Gasteiger partial charge in [-0.05, 0) is 0 Å². The van der Waals surface area contributed by atoms with Crippen molar-refractivity contribution in [1.82, 2.24) is 0 Å². The Kier molecular flexibility index (Phi) is 3.56. The second kappa shape index (κ2) is 3.05. The van der Waals surface area contributed by atoms with Gasteiger partial charge in [0, 0.05) is 0 Å². The summed E-state index contributed by atoms with van der Waals surface area (Å²) in [4.78, 5) is 0. The molecule has 0 rings (SSSR count). The zero-order chi connectivity index (χ0) is 4.28. The van der Waals surface area contributed by atoms with Crippen LogP contribution < -0.4 is 0 Å². The Labute approximate surface area is 48.2 Å². The van der Waals surface area contributed by atoms with Crippen LogP contribution in [0.3, 0.4) is 0 Å². The molecule has 3 radical (unpaired) electrons. The summed E-state index contributed by atoms with van der Waals surface area (Å²) in [5.41, 5.74) is 0. The monoisotopic (exact) mass is 268 g/mol. The quantitative estimate of drug-likeness (QED) is 0.629. The van der Waals surface area contributed by atoms with Gasteiger partial charge in [-0.25, -0.2) is 0 Å². The van der Waals surface area contributed by atoms with Crippen molar-refractivity contribution >= 4 is 25.2 Å². The van der Waals surface area contributed by atoms with E-state index in [-0.39, 0.29) is 0 Å². The second-order valence-electron chi connectivity index (χ2n) is 1.15. The molecule has 0 saturated carbocycles. The molecule has 0 heterocycles. The predicted molar refractivity (Wildman–Crippen MR) is 22.0 cm³/mol. The first-order valence-electron chi connectivity index (χ1n) is 1.57. The first-order valence-corrected chi connectivity index (χ1v) is 2.99. The van der Waals surface area contributed by atoms with Gasteiger partial charge in [-0.15, -0.1) is 0 Å². The molecular formula is C3H7BiO+. The second-order valence-corrected chi connectivity index (χ2v) is 1.97. The van der Waals surface area contributed by atoms with Gasteiger partial charge in [-0.3, -0.25) is 0 Å². The van der Waals surface area contributed by atoms with Crippen LogP contribution in [0.5, 0.6) is 0 Å². The Morgan fingerprint density at radius 3 is 1.80 bits per heavy atom. The number of hydrogen-bond donors (Lipinski definition) is 0. The van der Waals surface area contributed by atoms with Crippen molar-refractivity contribution in [2.75, 3.05) is 0 Å². The van der Waals surface area contributed by atoms with E-state index in [9.17, 15) is 0 Å². The first kappa shape index (κ1) is 5.84. The molecule has 0 N–H and O–H groups in total. The van der Waals surface area contributed by atoms with E-state index in [2.05, 4.69) is 0 Å². The van der Waals surface area contributed by atoms with Crippen molar-refractivity contribution in [1.29, 1.82) is 0 Å². The third kappa shape index (κ3) is 4.84. The average molecular weight is 268 g/mol. The number of hydrogen-bond acceptors (Lipinski definition) is 1. The summed E-state index contributed by atoms with van der Waals surface area (Å²) in [7, 11) is 0. The van der Waals surface area contributed by atoms with Crippen LogP contribution >= 0.6 is 0 Å². The summed E-state index contributed by atoms with van der Waals surface area (Å²) in [6.07, 6.45) is 0.434. The third-order valence-corrected chi connectivity index (χ3v) is 1.85. The maximum absolute atomic E-state index is 4.86. The topological polar surface area (TPSA) is 9.23 Å². The average Bonchev–Trinajstić information content (AvgIpc) is 1.38. The molecule has 1 nitrogen and oxygen atoms in total. The Morgan fingerprint density at radius 2 is 1.80 bits per heavy atom.